The van der Waals surface area contributed by atoms with Crippen LogP contribution in [0.3, 0.4) is 0 Å². The number of thioether (sulfide) groups is 1. The van der Waals surface area contributed by atoms with E-state index in [-0.39, 0.29) is 17.4 Å². The van der Waals surface area contributed by atoms with Crippen molar-refractivity contribution >= 4 is 34.7 Å². The Morgan fingerprint density at radius 1 is 1.00 bits per heavy atom. The molecule has 0 aliphatic carbocycles. The van der Waals surface area contributed by atoms with Crippen molar-refractivity contribution in [2.45, 2.75) is 43.9 Å². The first-order valence-electron chi connectivity index (χ1n) is 10.3. The Hall–Kier alpha value is -2.77. The van der Waals surface area contributed by atoms with Gasteiger partial charge in [0.2, 0.25) is 0 Å². The number of benzene rings is 2. The van der Waals surface area contributed by atoms with Crippen LogP contribution >= 0.6 is 11.8 Å². The van der Waals surface area contributed by atoms with Gasteiger partial charge in [0, 0.05) is 25.3 Å². The van der Waals surface area contributed by atoms with Gasteiger partial charge in [-0.2, -0.15) is 9.28 Å². The van der Waals surface area contributed by atoms with Gasteiger partial charge < -0.3 is 5.11 Å². The minimum absolute atomic E-state index is 0.176. The predicted octanol–water partition coefficient (Wildman–Crippen LogP) is 4.51. The van der Waals surface area contributed by atoms with Crippen LogP contribution in [0.2, 0.25) is 0 Å². The maximum atomic E-state index is 14.0. The van der Waals surface area contributed by atoms with Crippen LogP contribution in [0, 0.1) is 0 Å². The van der Waals surface area contributed by atoms with Gasteiger partial charge in [-0.15, -0.1) is 0 Å². The molecule has 1 aliphatic heterocycles. The molecule has 0 radical (unpaired) electrons. The lowest BCUT2D eigenvalue weighted by Gasteiger charge is -2.35. The minimum atomic E-state index is -1.21. The van der Waals surface area contributed by atoms with E-state index in [9.17, 15) is 24.3 Å². The van der Waals surface area contributed by atoms with E-state index in [1.165, 1.54) is 6.92 Å². The molecule has 1 N–H and O–H groups in total. The van der Waals surface area contributed by atoms with E-state index in [1.807, 2.05) is 0 Å². The van der Waals surface area contributed by atoms with Gasteiger partial charge in [0.25, 0.3) is 0 Å². The first-order valence-corrected chi connectivity index (χ1v) is 11.1. The lowest BCUT2D eigenvalue weighted by atomic mass is 9.88. The highest BCUT2D eigenvalue weighted by Gasteiger charge is 2.57. The van der Waals surface area contributed by atoms with E-state index >= 15 is 0 Å². The Bertz CT molecular complexity index is 978. The Morgan fingerprint density at radius 2 is 1.58 bits per heavy atom. The average molecular weight is 441 g/mol. The number of nitrogens with zero attached hydrogens (tertiary/aromatic N) is 1. The Balaban J connectivity index is 2.16. The molecule has 2 aromatic rings. The van der Waals surface area contributed by atoms with Crippen LogP contribution in [0.1, 0.15) is 48.5 Å². The van der Waals surface area contributed by atoms with E-state index in [0.29, 0.717) is 24.0 Å². The molecule has 0 saturated carbocycles. The number of likely N-dealkylation sites (tertiary alicyclic amines) is 1. The van der Waals surface area contributed by atoms with Gasteiger partial charge in [-0.3, -0.25) is 9.59 Å². The molecule has 31 heavy (non-hydrogen) atoms. The van der Waals surface area contributed by atoms with Crippen molar-refractivity contribution in [1.82, 2.24) is 0 Å². The molecule has 4 atom stereocenters. The molecule has 3 rings (SSSR count). The van der Waals surface area contributed by atoms with E-state index in [2.05, 4.69) is 0 Å². The fourth-order valence-electron chi connectivity index (χ4n) is 4.36. The van der Waals surface area contributed by atoms with Crippen molar-refractivity contribution in [2.75, 3.05) is 6.54 Å². The zero-order valence-electron chi connectivity index (χ0n) is 17.6. The van der Waals surface area contributed by atoms with Crippen LogP contribution < -0.4 is 0 Å². The summed E-state index contributed by atoms with van der Waals surface area (Å²) in [5.41, 5.74) is 0.916. The van der Waals surface area contributed by atoms with Gasteiger partial charge in [0.05, 0.1) is 11.8 Å². The number of imide groups is 1. The maximum Gasteiger partial charge on any atom is 0.521 e. The smallest absolute Gasteiger partial charge is 0.435 e. The summed E-state index contributed by atoms with van der Waals surface area (Å²) in [4.78, 5) is 52.0. The number of carboxylic acid groups (broad SMARTS) is 1. The van der Waals surface area contributed by atoms with Crippen molar-refractivity contribution in [3.8, 4) is 0 Å². The molecule has 162 valence electrons. The number of hydrogen-bond acceptors (Lipinski definition) is 5. The van der Waals surface area contributed by atoms with Crippen LogP contribution in [-0.2, 0) is 9.59 Å². The zero-order chi connectivity index (χ0) is 22.6. The summed E-state index contributed by atoms with van der Waals surface area (Å²) in [6, 6.07) is 16.8. The Kier molecular flexibility index (Phi) is 7.08. The summed E-state index contributed by atoms with van der Waals surface area (Å²) in [6.45, 7) is 3.28. The molecule has 2 aromatic carbocycles. The number of quaternary nitrogens is 1. The normalized spacial score (nSPS) is 22.5. The maximum absolute atomic E-state index is 14.0. The molecule has 7 heteroatoms. The summed E-state index contributed by atoms with van der Waals surface area (Å²) in [6.07, 6.45) is 0.00356. The zero-order valence-corrected chi connectivity index (χ0v) is 18.4. The largest absolute Gasteiger partial charge is 0.521 e. The lowest BCUT2D eigenvalue weighted by molar-refractivity contribution is -0.793. The first kappa shape index (κ1) is 22.9. The summed E-state index contributed by atoms with van der Waals surface area (Å²) in [5.74, 6) is -1.98. The highest BCUT2D eigenvalue weighted by atomic mass is 32.2. The van der Waals surface area contributed by atoms with E-state index in [1.54, 1.807) is 67.6 Å². The van der Waals surface area contributed by atoms with Crippen LogP contribution in [0.25, 0.3) is 0 Å². The predicted molar refractivity (Wildman–Crippen MR) is 119 cm³/mol. The fraction of sp³-hybridized carbons (Fsp3) is 0.333. The summed E-state index contributed by atoms with van der Waals surface area (Å²) < 4.78 is -0.726. The standard InChI is InChI=1S/C24H25NO5S/c1-16-10-9-15-25(16,24(29)30)23(28)20(18-11-5-3-6-12-18)22(31-17(2)26)21(27)19-13-7-4-8-14-19/h3-8,11-14,16,20,22H,9-10,15H2,1-2H3/p+1/t16?,20?,22-,25-/m0/s1. The van der Waals surface area contributed by atoms with Crippen LogP contribution in [0.15, 0.2) is 60.7 Å². The topological polar surface area (TPSA) is 88.5 Å². The van der Waals surface area contributed by atoms with Crippen molar-refractivity contribution in [2.24, 2.45) is 0 Å². The molecule has 0 spiro atoms. The Labute approximate surface area is 185 Å². The van der Waals surface area contributed by atoms with Crippen LogP contribution in [0.4, 0.5) is 4.79 Å². The van der Waals surface area contributed by atoms with E-state index in [4.69, 9.17) is 0 Å². The molecule has 2 amide bonds. The van der Waals surface area contributed by atoms with Crippen LogP contribution in [-0.4, -0.2) is 50.3 Å². The minimum Gasteiger partial charge on any atom is -0.435 e. The highest BCUT2D eigenvalue weighted by Crippen LogP contribution is 2.39. The number of Topliss-reactive ketones (excluding diaryl/α,β-unsaturated/α-hetero) is 1. The molecule has 1 fully saturated rings. The number of amides is 2. The second-order valence-corrected chi connectivity index (χ2v) is 9.17. The summed E-state index contributed by atoms with van der Waals surface area (Å²) in [5, 5.41) is 8.75. The first-order chi connectivity index (χ1) is 14.8. The molecule has 2 unspecified atom stereocenters. The Morgan fingerprint density at radius 3 is 2.06 bits per heavy atom. The van der Waals surface area contributed by atoms with Gasteiger partial charge >= 0.3 is 12.0 Å². The van der Waals surface area contributed by atoms with Gasteiger partial charge in [-0.25, -0.2) is 4.79 Å². The summed E-state index contributed by atoms with van der Waals surface area (Å²) in [7, 11) is 0. The van der Waals surface area contributed by atoms with E-state index in [0.717, 1.165) is 11.8 Å². The third kappa shape index (κ3) is 4.48. The SMILES string of the molecule is CC(=O)S[C@H](C(=O)c1ccccc1)C(C(=O)[N@+]1(C(=O)O)CCCC1C)c1ccccc1. The van der Waals surface area contributed by atoms with Crippen molar-refractivity contribution in [1.29, 1.82) is 0 Å². The molecule has 0 aromatic heterocycles. The second-order valence-electron chi connectivity index (χ2n) is 7.85. The quantitative estimate of drug-likeness (QED) is 0.525. The molecule has 1 saturated heterocycles. The van der Waals surface area contributed by atoms with Crippen LogP contribution in [0.5, 0.6) is 0 Å². The number of rotatable bonds is 6. The number of carbonyl (C=O) groups is 4. The molecular formula is C24H26NO5S+. The molecule has 0 bridgehead atoms. The van der Waals surface area contributed by atoms with Crippen molar-refractivity contribution in [3.63, 3.8) is 0 Å². The molecular weight excluding hydrogens is 414 g/mol. The van der Waals surface area contributed by atoms with Gasteiger partial charge in [0.1, 0.15) is 12.0 Å². The van der Waals surface area contributed by atoms with Gasteiger partial charge in [-0.05, 0) is 12.5 Å². The monoisotopic (exact) mass is 440 g/mol. The highest BCUT2D eigenvalue weighted by molar-refractivity contribution is 8.14. The van der Waals surface area contributed by atoms with E-state index < -0.39 is 33.7 Å². The number of carbonyl (C=O) groups excluding carboxylic acids is 3. The fourth-order valence-corrected chi connectivity index (χ4v) is 5.37. The average Bonchev–Trinajstić information content (AvgIpc) is 3.16. The molecule has 1 heterocycles. The van der Waals surface area contributed by atoms with Gasteiger partial charge in [0.15, 0.2) is 10.9 Å². The molecule has 6 nitrogen and oxygen atoms in total. The number of hydrogen-bond donors (Lipinski definition) is 1. The molecule has 1 aliphatic rings. The number of ketones is 1. The third-order valence-corrected chi connectivity index (χ3v) is 7.03. The van der Waals surface area contributed by atoms with Crippen molar-refractivity contribution in [3.05, 3.63) is 71.8 Å². The van der Waals surface area contributed by atoms with Gasteiger partial charge in [-0.1, -0.05) is 72.4 Å². The van der Waals surface area contributed by atoms with Crippen molar-refractivity contribution < 1.29 is 28.8 Å². The third-order valence-electron chi connectivity index (χ3n) is 5.96. The lowest BCUT2D eigenvalue weighted by Crippen LogP contribution is -2.61. The second kappa shape index (κ2) is 9.58. The summed E-state index contributed by atoms with van der Waals surface area (Å²) >= 11 is 0.792.